The summed E-state index contributed by atoms with van der Waals surface area (Å²) in [4.78, 5) is 11.8. The normalized spacial score (nSPS) is 10.5. The third-order valence-electron chi connectivity index (χ3n) is 3.14. The first kappa shape index (κ1) is 14.0. The molecule has 0 saturated carbocycles. The molecule has 0 fully saturated rings. The second-order valence-corrected chi connectivity index (χ2v) is 4.73. The van der Waals surface area contributed by atoms with Gasteiger partial charge in [-0.3, -0.25) is 4.79 Å². The summed E-state index contributed by atoms with van der Waals surface area (Å²) in [6.45, 7) is 0.813. The van der Waals surface area contributed by atoms with Gasteiger partial charge >= 0.3 is 0 Å². The number of carbonyl (C=O) groups is 1. The third kappa shape index (κ3) is 3.57. The van der Waals surface area contributed by atoms with Gasteiger partial charge in [0, 0.05) is 12.0 Å². The summed E-state index contributed by atoms with van der Waals surface area (Å²) in [6.07, 6.45) is 1.79. The van der Waals surface area contributed by atoms with E-state index in [-0.39, 0.29) is 5.91 Å². The maximum Gasteiger partial charge on any atom is 0.222 e. The number of hydrogen-bond acceptors (Lipinski definition) is 5. The number of tetrazole rings is 1. The van der Waals surface area contributed by atoms with E-state index in [0.717, 1.165) is 17.1 Å². The SMILES string of the molecule is O=C(CCn1cnnn1)NCc1ccc(-c2ccccc2)o1. The predicted octanol–water partition coefficient (Wildman–Crippen LogP) is 1.64. The van der Waals surface area contributed by atoms with E-state index in [2.05, 4.69) is 20.8 Å². The molecule has 0 bridgehead atoms. The molecule has 22 heavy (non-hydrogen) atoms. The Balaban J connectivity index is 1.49. The molecular formula is C15H15N5O2. The number of carbonyl (C=O) groups excluding carboxylic acids is 1. The number of benzene rings is 1. The number of amides is 1. The van der Waals surface area contributed by atoms with Crippen LogP contribution in [-0.2, 0) is 17.9 Å². The van der Waals surface area contributed by atoms with E-state index < -0.39 is 0 Å². The number of hydrogen-bond donors (Lipinski definition) is 1. The minimum atomic E-state index is -0.0758. The van der Waals surface area contributed by atoms with Gasteiger partial charge in [-0.1, -0.05) is 30.3 Å². The van der Waals surface area contributed by atoms with Gasteiger partial charge < -0.3 is 9.73 Å². The van der Waals surface area contributed by atoms with Crippen LogP contribution in [0.3, 0.4) is 0 Å². The highest BCUT2D eigenvalue weighted by Crippen LogP contribution is 2.21. The van der Waals surface area contributed by atoms with Crippen molar-refractivity contribution in [3.63, 3.8) is 0 Å². The van der Waals surface area contributed by atoms with Crippen LogP contribution < -0.4 is 5.32 Å². The molecule has 1 amide bonds. The van der Waals surface area contributed by atoms with Crippen LogP contribution in [0.4, 0.5) is 0 Å². The molecule has 0 spiro atoms. The Kier molecular flexibility index (Phi) is 4.24. The Hall–Kier alpha value is -2.96. The molecule has 7 nitrogen and oxygen atoms in total. The highest BCUT2D eigenvalue weighted by atomic mass is 16.3. The van der Waals surface area contributed by atoms with Crippen LogP contribution in [-0.4, -0.2) is 26.1 Å². The number of aryl methyl sites for hydroxylation is 1. The minimum Gasteiger partial charge on any atom is -0.459 e. The molecule has 0 radical (unpaired) electrons. The summed E-state index contributed by atoms with van der Waals surface area (Å²) in [5, 5.41) is 13.5. The zero-order chi connectivity index (χ0) is 15.2. The molecule has 0 saturated heterocycles. The molecule has 0 aliphatic rings. The highest BCUT2D eigenvalue weighted by Gasteiger charge is 2.07. The van der Waals surface area contributed by atoms with Crippen molar-refractivity contribution >= 4 is 5.91 Å². The Morgan fingerprint density at radius 3 is 2.82 bits per heavy atom. The van der Waals surface area contributed by atoms with Gasteiger partial charge in [-0.05, 0) is 22.6 Å². The average Bonchev–Trinajstić information content (AvgIpc) is 3.23. The van der Waals surface area contributed by atoms with Gasteiger partial charge in [0.2, 0.25) is 5.91 Å². The summed E-state index contributed by atoms with van der Waals surface area (Å²) in [5.74, 6) is 1.43. The van der Waals surface area contributed by atoms with E-state index in [0.29, 0.717) is 19.5 Å². The van der Waals surface area contributed by atoms with Crippen LogP contribution in [0.1, 0.15) is 12.2 Å². The van der Waals surface area contributed by atoms with Gasteiger partial charge in [-0.15, -0.1) is 5.10 Å². The lowest BCUT2D eigenvalue weighted by Crippen LogP contribution is -2.23. The van der Waals surface area contributed by atoms with Crippen LogP contribution in [0, 0.1) is 0 Å². The van der Waals surface area contributed by atoms with Gasteiger partial charge in [0.1, 0.15) is 17.8 Å². The van der Waals surface area contributed by atoms with Crippen molar-refractivity contribution in [3.8, 4) is 11.3 Å². The van der Waals surface area contributed by atoms with Gasteiger partial charge in [0.15, 0.2) is 0 Å². The lowest BCUT2D eigenvalue weighted by Gasteiger charge is -2.03. The first-order chi connectivity index (χ1) is 10.8. The van der Waals surface area contributed by atoms with Gasteiger partial charge in [0.25, 0.3) is 0 Å². The van der Waals surface area contributed by atoms with Crippen LogP contribution in [0.15, 0.2) is 53.2 Å². The second kappa shape index (κ2) is 6.66. The van der Waals surface area contributed by atoms with Crippen LogP contribution >= 0.6 is 0 Å². The largest absolute Gasteiger partial charge is 0.459 e. The third-order valence-corrected chi connectivity index (χ3v) is 3.14. The number of nitrogens with one attached hydrogen (secondary N) is 1. The number of furan rings is 1. The molecule has 2 aromatic heterocycles. The van der Waals surface area contributed by atoms with Crippen molar-refractivity contribution in [3.05, 3.63) is 54.6 Å². The standard InChI is InChI=1S/C15H15N5O2/c21-15(8-9-20-11-17-18-19-20)16-10-13-6-7-14(22-13)12-4-2-1-3-5-12/h1-7,11H,8-10H2,(H,16,21). The summed E-state index contributed by atoms with van der Waals surface area (Å²) >= 11 is 0. The van der Waals surface area contributed by atoms with Crippen molar-refractivity contribution < 1.29 is 9.21 Å². The van der Waals surface area contributed by atoms with Crippen LogP contribution in [0.2, 0.25) is 0 Å². The lowest BCUT2D eigenvalue weighted by atomic mass is 10.2. The summed E-state index contributed by atoms with van der Waals surface area (Å²) in [5.41, 5.74) is 1.01. The molecule has 112 valence electrons. The molecule has 1 aromatic carbocycles. The molecule has 0 aliphatic heterocycles. The average molecular weight is 297 g/mol. The summed E-state index contributed by atoms with van der Waals surface area (Å²) in [6, 6.07) is 13.6. The zero-order valence-corrected chi connectivity index (χ0v) is 11.8. The molecule has 0 aliphatic carbocycles. The summed E-state index contributed by atoms with van der Waals surface area (Å²) < 4.78 is 7.23. The number of nitrogens with zero attached hydrogens (tertiary/aromatic N) is 4. The Morgan fingerprint density at radius 1 is 1.18 bits per heavy atom. The van der Waals surface area contributed by atoms with E-state index in [1.807, 2.05) is 42.5 Å². The Morgan fingerprint density at radius 2 is 2.05 bits per heavy atom. The fourth-order valence-corrected chi connectivity index (χ4v) is 2.00. The summed E-state index contributed by atoms with van der Waals surface area (Å²) in [7, 11) is 0. The fraction of sp³-hybridized carbons (Fsp3) is 0.200. The van der Waals surface area contributed by atoms with Crippen LogP contribution in [0.5, 0.6) is 0 Å². The Labute approximate surface area is 126 Å². The van der Waals surface area contributed by atoms with Crippen LogP contribution in [0.25, 0.3) is 11.3 Å². The molecule has 3 rings (SSSR count). The predicted molar refractivity (Wildman–Crippen MR) is 78.4 cm³/mol. The monoisotopic (exact) mass is 297 g/mol. The van der Waals surface area contributed by atoms with E-state index >= 15 is 0 Å². The van der Waals surface area contributed by atoms with Gasteiger partial charge in [-0.25, -0.2) is 4.68 Å². The second-order valence-electron chi connectivity index (χ2n) is 4.73. The lowest BCUT2D eigenvalue weighted by molar-refractivity contribution is -0.121. The molecule has 7 heteroatoms. The highest BCUT2D eigenvalue weighted by molar-refractivity contribution is 5.75. The molecular weight excluding hydrogens is 282 g/mol. The van der Waals surface area contributed by atoms with E-state index in [4.69, 9.17) is 4.42 Å². The molecule has 2 heterocycles. The fourth-order valence-electron chi connectivity index (χ4n) is 2.00. The minimum absolute atomic E-state index is 0.0758. The molecule has 0 atom stereocenters. The van der Waals surface area contributed by atoms with Gasteiger partial charge in [-0.2, -0.15) is 0 Å². The van der Waals surface area contributed by atoms with E-state index in [1.54, 1.807) is 0 Å². The quantitative estimate of drug-likeness (QED) is 0.747. The van der Waals surface area contributed by atoms with Crippen molar-refractivity contribution in [1.29, 1.82) is 0 Å². The number of aromatic nitrogens is 4. The van der Waals surface area contributed by atoms with Crippen molar-refractivity contribution in [1.82, 2.24) is 25.5 Å². The molecule has 1 N–H and O–H groups in total. The van der Waals surface area contributed by atoms with Crippen molar-refractivity contribution in [2.75, 3.05) is 0 Å². The zero-order valence-electron chi connectivity index (χ0n) is 11.8. The topological polar surface area (TPSA) is 85.8 Å². The number of rotatable bonds is 6. The van der Waals surface area contributed by atoms with E-state index in [9.17, 15) is 4.79 Å². The molecule has 3 aromatic rings. The first-order valence-electron chi connectivity index (χ1n) is 6.93. The van der Waals surface area contributed by atoms with Crippen molar-refractivity contribution in [2.24, 2.45) is 0 Å². The maximum absolute atomic E-state index is 11.8. The molecule has 0 unspecified atom stereocenters. The smallest absolute Gasteiger partial charge is 0.222 e. The Bertz CT molecular complexity index is 721. The first-order valence-corrected chi connectivity index (χ1v) is 6.93. The van der Waals surface area contributed by atoms with E-state index in [1.165, 1.54) is 11.0 Å². The van der Waals surface area contributed by atoms with Crippen molar-refractivity contribution in [2.45, 2.75) is 19.5 Å². The maximum atomic E-state index is 11.8. The van der Waals surface area contributed by atoms with Gasteiger partial charge in [0.05, 0.1) is 13.1 Å².